The van der Waals surface area contributed by atoms with Gasteiger partial charge in [0.2, 0.25) is 0 Å². The predicted molar refractivity (Wildman–Crippen MR) is 63.2 cm³/mol. The summed E-state index contributed by atoms with van der Waals surface area (Å²) in [6.07, 6.45) is 1.89. The van der Waals surface area contributed by atoms with Gasteiger partial charge in [0.15, 0.2) is 0 Å². The van der Waals surface area contributed by atoms with Crippen molar-refractivity contribution in [2.45, 2.75) is 25.0 Å². The van der Waals surface area contributed by atoms with Gasteiger partial charge in [-0.15, -0.1) is 0 Å². The summed E-state index contributed by atoms with van der Waals surface area (Å²) in [5.41, 5.74) is 0.927. The molecule has 1 atom stereocenters. The Morgan fingerprint density at radius 3 is 2.62 bits per heavy atom. The van der Waals surface area contributed by atoms with E-state index in [2.05, 4.69) is 5.32 Å². The molecule has 1 fully saturated rings. The number of nitrogens with one attached hydrogen (secondary N) is 1. The van der Waals surface area contributed by atoms with Crippen LogP contribution in [-0.4, -0.2) is 30.9 Å². The first-order chi connectivity index (χ1) is 7.86. The molecule has 1 aromatic rings. The van der Waals surface area contributed by atoms with Crippen molar-refractivity contribution in [3.05, 3.63) is 35.9 Å². The molecule has 1 saturated heterocycles. The third-order valence-electron chi connectivity index (χ3n) is 2.96. The van der Waals surface area contributed by atoms with Gasteiger partial charge in [-0.1, -0.05) is 30.3 Å². The molecule has 0 amide bonds. The minimum atomic E-state index is -0.504. The average molecular weight is 221 g/mol. The smallest absolute Gasteiger partial charge is 0.102 e. The van der Waals surface area contributed by atoms with E-state index in [1.54, 1.807) is 0 Å². The highest BCUT2D eigenvalue weighted by Crippen LogP contribution is 2.15. The minimum Gasteiger partial charge on any atom is -0.386 e. The fourth-order valence-electron chi connectivity index (χ4n) is 1.96. The molecule has 0 spiro atoms. The second kappa shape index (κ2) is 5.99. The lowest BCUT2D eigenvalue weighted by molar-refractivity contribution is -0.0217. The number of ether oxygens (including phenoxy) is 1. The van der Waals surface area contributed by atoms with Crippen molar-refractivity contribution in [2.75, 3.05) is 19.7 Å². The Labute approximate surface area is 96.4 Å². The SMILES string of the molecule is O[C@@H](COC1CCNCC1)c1ccccc1. The lowest BCUT2D eigenvalue weighted by Crippen LogP contribution is -2.33. The van der Waals surface area contributed by atoms with Crippen LogP contribution in [0.3, 0.4) is 0 Å². The summed E-state index contributed by atoms with van der Waals surface area (Å²) in [4.78, 5) is 0. The highest BCUT2D eigenvalue weighted by Gasteiger charge is 2.15. The molecule has 16 heavy (non-hydrogen) atoms. The maximum atomic E-state index is 9.91. The number of rotatable bonds is 4. The summed E-state index contributed by atoms with van der Waals surface area (Å²) < 4.78 is 5.71. The number of hydrogen-bond acceptors (Lipinski definition) is 3. The van der Waals surface area contributed by atoms with Crippen molar-refractivity contribution < 1.29 is 9.84 Å². The van der Waals surface area contributed by atoms with Gasteiger partial charge in [0.25, 0.3) is 0 Å². The van der Waals surface area contributed by atoms with Crippen molar-refractivity contribution in [1.29, 1.82) is 0 Å². The number of aliphatic hydroxyl groups is 1. The first kappa shape index (κ1) is 11.6. The molecule has 1 heterocycles. The molecule has 3 heteroatoms. The lowest BCUT2D eigenvalue weighted by atomic mass is 10.1. The Kier molecular flexibility index (Phi) is 4.34. The van der Waals surface area contributed by atoms with Crippen LogP contribution in [0.1, 0.15) is 24.5 Å². The van der Waals surface area contributed by atoms with Gasteiger partial charge in [0.1, 0.15) is 6.10 Å². The van der Waals surface area contributed by atoms with E-state index in [9.17, 15) is 5.11 Å². The topological polar surface area (TPSA) is 41.5 Å². The largest absolute Gasteiger partial charge is 0.386 e. The summed E-state index contributed by atoms with van der Waals surface area (Å²) in [6.45, 7) is 2.44. The van der Waals surface area contributed by atoms with Crippen LogP contribution in [0.5, 0.6) is 0 Å². The van der Waals surface area contributed by atoms with Crippen molar-refractivity contribution in [3.8, 4) is 0 Å². The van der Waals surface area contributed by atoms with Gasteiger partial charge in [-0.3, -0.25) is 0 Å². The van der Waals surface area contributed by atoms with Gasteiger partial charge in [-0.05, 0) is 31.5 Å². The van der Waals surface area contributed by atoms with Crippen LogP contribution in [0.4, 0.5) is 0 Å². The summed E-state index contributed by atoms with van der Waals surface area (Å²) in [5.74, 6) is 0. The molecule has 1 aliphatic rings. The molecule has 0 bridgehead atoms. The first-order valence-electron chi connectivity index (χ1n) is 5.91. The fraction of sp³-hybridized carbons (Fsp3) is 0.538. The lowest BCUT2D eigenvalue weighted by Gasteiger charge is -2.24. The third kappa shape index (κ3) is 3.30. The van der Waals surface area contributed by atoms with Gasteiger partial charge in [-0.2, -0.15) is 0 Å². The Morgan fingerprint density at radius 1 is 1.25 bits per heavy atom. The molecule has 0 radical (unpaired) electrons. The zero-order valence-electron chi connectivity index (χ0n) is 9.43. The average Bonchev–Trinajstić information content (AvgIpc) is 2.38. The maximum absolute atomic E-state index is 9.91. The van der Waals surface area contributed by atoms with Crippen molar-refractivity contribution in [2.24, 2.45) is 0 Å². The Balaban J connectivity index is 1.77. The van der Waals surface area contributed by atoms with Crippen molar-refractivity contribution in [3.63, 3.8) is 0 Å². The van der Waals surface area contributed by atoms with Crippen LogP contribution in [-0.2, 0) is 4.74 Å². The Hall–Kier alpha value is -0.900. The van der Waals surface area contributed by atoms with Crippen molar-refractivity contribution >= 4 is 0 Å². The fourth-order valence-corrected chi connectivity index (χ4v) is 1.96. The summed E-state index contributed by atoms with van der Waals surface area (Å²) in [5, 5.41) is 13.2. The third-order valence-corrected chi connectivity index (χ3v) is 2.96. The number of hydrogen-bond donors (Lipinski definition) is 2. The summed E-state index contributed by atoms with van der Waals surface area (Å²) in [7, 11) is 0. The van der Waals surface area contributed by atoms with Crippen LogP contribution in [0.25, 0.3) is 0 Å². The molecule has 1 aliphatic heterocycles. The van der Waals surface area contributed by atoms with E-state index >= 15 is 0 Å². The molecule has 0 unspecified atom stereocenters. The van der Waals surface area contributed by atoms with E-state index in [4.69, 9.17) is 4.74 Å². The van der Waals surface area contributed by atoms with Gasteiger partial charge < -0.3 is 15.2 Å². The summed E-state index contributed by atoms with van der Waals surface area (Å²) >= 11 is 0. The van der Waals surface area contributed by atoms with Crippen LogP contribution in [0.2, 0.25) is 0 Å². The monoisotopic (exact) mass is 221 g/mol. The molecule has 3 nitrogen and oxygen atoms in total. The van der Waals surface area contributed by atoms with Gasteiger partial charge in [0, 0.05) is 0 Å². The van der Waals surface area contributed by atoms with Crippen LogP contribution < -0.4 is 5.32 Å². The second-order valence-corrected chi connectivity index (χ2v) is 4.21. The molecular formula is C13H19NO2. The van der Waals surface area contributed by atoms with Gasteiger partial charge in [-0.25, -0.2) is 0 Å². The highest BCUT2D eigenvalue weighted by molar-refractivity contribution is 5.17. The number of aliphatic hydroxyl groups excluding tert-OH is 1. The molecule has 0 saturated carbocycles. The van der Waals surface area contributed by atoms with E-state index < -0.39 is 6.10 Å². The number of benzene rings is 1. The quantitative estimate of drug-likeness (QED) is 0.809. The second-order valence-electron chi connectivity index (χ2n) is 4.21. The minimum absolute atomic E-state index is 0.305. The van der Waals surface area contributed by atoms with Crippen molar-refractivity contribution in [1.82, 2.24) is 5.32 Å². The molecule has 88 valence electrons. The zero-order valence-corrected chi connectivity index (χ0v) is 9.43. The molecule has 0 aliphatic carbocycles. The standard InChI is InChI=1S/C13H19NO2/c15-13(11-4-2-1-3-5-11)10-16-12-6-8-14-9-7-12/h1-5,12-15H,6-10H2/t13-/m0/s1. The normalized spacial score (nSPS) is 19.6. The van der Waals surface area contributed by atoms with Gasteiger partial charge >= 0.3 is 0 Å². The molecule has 0 aromatic heterocycles. The zero-order chi connectivity index (χ0) is 11.2. The molecule has 2 N–H and O–H groups in total. The Bertz CT molecular complexity index is 296. The maximum Gasteiger partial charge on any atom is 0.102 e. The van der Waals surface area contributed by atoms with Crippen LogP contribution in [0.15, 0.2) is 30.3 Å². The molecular weight excluding hydrogens is 202 g/mol. The number of piperidine rings is 1. The molecule has 2 rings (SSSR count). The predicted octanol–water partition coefficient (Wildman–Crippen LogP) is 1.49. The summed E-state index contributed by atoms with van der Waals surface area (Å²) in [6, 6.07) is 9.67. The van der Waals surface area contributed by atoms with E-state index in [0.717, 1.165) is 31.5 Å². The highest BCUT2D eigenvalue weighted by atomic mass is 16.5. The van der Waals surface area contributed by atoms with E-state index in [1.165, 1.54) is 0 Å². The molecule has 1 aromatic carbocycles. The first-order valence-corrected chi connectivity index (χ1v) is 5.91. The van der Waals surface area contributed by atoms with E-state index in [1.807, 2.05) is 30.3 Å². The van der Waals surface area contributed by atoms with E-state index in [0.29, 0.717) is 12.7 Å². The van der Waals surface area contributed by atoms with Crippen LogP contribution >= 0.6 is 0 Å². The van der Waals surface area contributed by atoms with Crippen LogP contribution in [0, 0.1) is 0 Å². The van der Waals surface area contributed by atoms with Gasteiger partial charge in [0.05, 0.1) is 12.7 Å². The van der Waals surface area contributed by atoms with E-state index in [-0.39, 0.29) is 0 Å². The Morgan fingerprint density at radius 2 is 1.94 bits per heavy atom.